The van der Waals surface area contributed by atoms with Crippen molar-refractivity contribution in [1.82, 2.24) is 9.88 Å². The highest BCUT2D eigenvalue weighted by Crippen LogP contribution is 2.19. The number of thiazole rings is 1. The van der Waals surface area contributed by atoms with Crippen LogP contribution in [-0.4, -0.2) is 42.0 Å². The average Bonchev–Trinajstić information content (AvgIpc) is 3.16. The molecule has 0 radical (unpaired) electrons. The molecule has 1 aromatic carbocycles. The van der Waals surface area contributed by atoms with Gasteiger partial charge in [0.15, 0.2) is 5.69 Å². The lowest BCUT2D eigenvalue weighted by molar-refractivity contribution is 0.0520. The van der Waals surface area contributed by atoms with Gasteiger partial charge in [0.2, 0.25) is 0 Å². The molecule has 2 aromatic rings. The molecule has 1 amide bonds. The van der Waals surface area contributed by atoms with Crippen molar-refractivity contribution in [1.29, 1.82) is 0 Å². The molecule has 0 N–H and O–H groups in total. The van der Waals surface area contributed by atoms with Gasteiger partial charge in [-0.1, -0.05) is 25.8 Å². The number of esters is 1. The summed E-state index contributed by atoms with van der Waals surface area (Å²) in [5.74, 6) is 0.141. The van der Waals surface area contributed by atoms with Crippen LogP contribution in [0.1, 0.15) is 59.0 Å². The molecule has 0 fully saturated rings. The first-order valence-corrected chi connectivity index (χ1v) is 10.0. The molecule has 0 spiro atoms. The van der Waals surface area contributed by atoms with E-state index in [-0.39, 0.29) is 5.91 Å². The Labute approximate surface area is 164 Å². The molecule has 0 bridgehead atoms. The first-order chi connectivity index (χ1) is 13.1. The summed E-state index contributed by atoms with van der Waals surface area (Å²) in [5, 5.41) is 2.39. The van der Waals surface area contributed by atoms with Crippen molar-refractivity contribution in [2.24, 2.45) is 0 Å². The van der Waals surface area contributed by atoms with Gasteiger partial charge >= 0.3 is 5.97 Å². The van der Waals surface area contributed by atoms with Gasteiger partial charge in [0, 0.05) is 17.5 Å². The summed E-state index contributed by atoms with van der Waals surface area (Å²) in [6, 6.07) is 7.13. The van der Waals surface area contributed by atoms with E-state index in [1.165, 1.54) is 11.3 Å². The molecule has 2 rings (SSSR count). The minimum Gasteiger partial charge on any atom is -0.497 e. The van der Waals surface area contributed by atoms with Gasteiger partial charge in [0.25, 0.3) is 5.91 Å². The van der Waals surface area contributed by atoms with Gasteiger partial charge in [-0.2, -0.15) is 0 Å². The lowest BCUT2D eigenvalue weighted by atomic mass is 10.1. The first kappa shape index (κ1) is 20.9. The maximum atomic E-state index is 13.0. The monoisotopic (exact) mass is 390 g/mol. The van der Waals surface area contributed by atoms with Gasteiger partial charge in [0.05, 0.1) is 20.3 Å². The Kier molecular flexibility index (Phi) is 8.26. The SMILES string of the molecule is CCCCCN(Cc1nc(C(=O)OCC)cs1)C(=O)c1cccc(OC)c1. The molecular formula is C20H26N2O4S. The Morgan fingerprint density at radius 1 is 1.22 bits per heavy atom. The Morgan fingerprint density at radius 2 is 2.04 bits per heavy atom. The molecule has 27 heavy (non-hydrogen) atoms. The number of benzene rings is 1. The standard InChI is InChI=1S/C20H26N2O4S/c1-4-6-7-11-22(19(23)15-9-8-10-16(12-15)25-3)13-18-21-17(14-27-18)20(24)26-5-2/h8-10,12,14H,4-7,11,13H2,1-3H3. The lowest BCUT2D eigenvalue weighted by Gasteiger charge is -2.22. The van der Waals surface area contributed by atoms with Crippen LogP contribution in [-0.2, 0) is 11.3 Å². The number of carbonyl (C=O) groups excluding carboxylic acids is 2. The highest BCUT2D eigenvalue weighted by molar-refractivity contribution is 7.09. The van der Waals surface area contributed by atoms with E-state index in [1.54, 1.807) is 42.5 Å². The number of aromatic nitrogens is 1. The third kappa shape index (κ3) is 6.06. The summed E-state index contributed by atoms with van der Waals surface area (Å²) in [4.78, 5) is 30.9. The molecule has 1 heterocycles. The second-order valence-electron chi connectivity index (χ2n) is 6.01. The molecule has 0 aliphatic heterocycles. The zero-order valence-electron chi connectivity index (χ0n) is 16.1. The van der Waals surface area contributed by atoms with E-state index in [2.05, 4.69) is 11.9 Å². The summed E-state index contributed by atoms with van der Waals surface area (Å²) in [6.07, 6.45) is 3.04. The number of amides is 1. The first-order valence-electron chi connectivity index (χ1n) is 9.13. The highest BCUT2D eigenvalue weighted by Gasteiger charge is 2.19. The predicted molar refractivity (Wildman–Crippen MR) is 105 cm³/mol. The van der Waals surface area contributed by atoms with Crippen LogP contribution in [0, 0.1) is 0 Å². The minimum absolute atomic E-state index is 0.0714. The molecule has 0 unspecified atom stereocenters. The van der Waals surface area contributed by atoms with Crippen LogP contribution in [0.25, 0.3) is 0 Å². The summed E-state index contributed by atoms with van der Waals surface area (Å²) in [6.45, 7) is 5.19. The van der Waals surface area contributed by atoms with E-state index >= 15 is 0 Å². The topological polar surface area (TPSA) is 68.7 Å². The predicted octanol–water partition coefficient (Wildman–Crippen LogP) is 4.16. The van der Waals surface area contributed by atoms with E-state index in [1.807, 2.05) is 6.07 Å². The third-order valence-electron chi connectivity index (χ3n) is 4.00. The molecular weight excluding hydrogens is 364 g/mol. The minimum atomic E-state index is -0.434. The van der Waals surface area contributed by atoms with E-state index in [9.17, 15) is 9.59 Å². The average molecular weight is 391 g/mol. The molecule has 0 aliphatic carbocycles. The Bertz CT molecular complexity index is 760. The number of nitrogens with zero attached hydrogens (tertiary/aromatic N) is 2. The molecule has 0 aliphatic rings. The summed E-state index contributed by atoms with van der Waals surface area (Å²) < 4.78 is 10.2. The normalized spacial score (nSPS) is 10.5. The van der Waals surface area contributed by atoms with Crippen molar-refractivity contribution in [2.75, 3.05) is 20.3 Å². The van der Waals surface area contributed by atoms with Gasteiger partial charge < -0.3 is 14.4 Å². The van der Waals surface area contributed by atoms with Crippen LogP contribution >= 0.6 is 11.3 Å². The van der Waals surface area contributed by atoms with Crippen LogP contribution in [0.15, 0.2) is 29.6 Å². The summed E-state index contributed by atoms with van der Waals surface area (Å²) in [7, 11) is 1.58. The van der Waals surface area contributed by atoms with Crippen molar-refractivity contribution >= 4 is 23.2 Å². The van der Waals surface area contributed by atoms with E-state index in [0.717, 1.165) is 19.3 Å². The Hall–Kier alpha value is -2.41. The van der Waals surface area contributed by atoms with Gasteiger partial charge in [-0.05, 0) is 31.5 Å². The molecule has 1 aromatic heterocycles. The van der Waals surface area contributed by atoms with Crippen molar-refractivity contribution in [3.05, 3.63) is 45.9 Å². The van der Waals surface area contributed by atoms with Crippen molar-refractivity contribution in [3.8, 4) is 5.75 Å². The van der Waals surface area contributed by atoms with Crippen LogP contribution in [0.4, 0.5) is 0 Å². The zero-order chi connectivity index (χ0) is 19.6. The summed E-state index contributed by atoms with van der Waals surface area (Å²) >= 11 is 1.36. The van der Waals surface area contributed by atoms with Gasteiger partial charge in [0.1, 0.15) is 10.8 Å². The van der Waals surface area contributed by atoms with Crippen molar-refractivity contribution in [2.45, 2.75) is 39.7 Å². The second kappa shape index (κ2) is 10.7. The number of hydrogen-bond donors (Lipinski definition) is 0. The number of rotatable bonds is 10. The van der Waals surface area contributed by atoms with Gasteiger partial charge in [-0.25, -0.2) is 9.78 Å². The Balaban J connectivity index is 2.15. The van der Waals surface area contributed by atoms with Gasteiger partial charge in [-0.3, -0.25) is 4.79 Å². The number of unbranched alkanes of at least 4 members (excludes halogenated alkanes) is 2. The van der Waals surface area contributed by atoms with Crippen molar-refractivity contribution < 1.29 is 19.1 Å². The number of methoxy groups -OCH3 is 1. The van der Waals surface area contributed by atoms with E-state index in [0.29, 0.717) is 41.7 Å². The number of carbonyl (C=O) groups is 2. The van der Waals surface area contributed by atoms with Crippen LogP contribution in [0.5, 0.6) is 5.75 Å². The number of hydrogen-bond acceptors (Lipinski definition) is 6. The number of ether oxygens (including phenoxy) is 2. The van der Waals surface area contributed by atoms with Crippen LogP contribution in [0.2, 0.25) is 0 Å². The fourth-order valence-electron chi connectivity index (χ4n) is 2.59. The maximum absolute atomic E-state index is 13.0. The fraction of sp³-hybridized carbons (Fsp3) is 0.450. The van der Waals surface area contributed by atoms with E-state index < -0.39 is 5.97 Å². The van der Waals surface area contributed by atoms with Crippen molar-refractivity contribution in [3.63, 3.8) is 0 Å². The maximum Gasteiger partial charge on any atom is 0.357 e. The van der Waals surface area contributed by atoms with Crippen LogP contribution < -0.4 is 4.74 Å². The van der Waals surface area contributed by atoms with Crippen LogP contribution in [0.3, 0.4) is 0 Å². The molecule has 146 valence electrons. The molecule has 6 nitrogen and oxygen atoms in total. The Morgan fingerprint density at radius 3 is 2.74 bits per heavy atom. The van der Waals surface area contributed by atoms with Gasteiger partial charge in [-0.15, -0.1) is 11.3 Å². The molecule has 0 saturated carbocycles. The highest BCUT2D eigenvalue weighted by atomic mass is 32.1. The smallest absolute Gasteiger partial charge is 0.357 e. The molecule has 0 saturated heterocycles. The zero-order valence-corrected chi connectivity index (χ0v) is 16.9. The second-order valence-corrected chi connectivity index (χ2v) is 6.96. The lowest BCUT2D eigenvalue weighted by Crippen LogP contribution is -2.31. The third-order valence-corrected chi connectivity index (χ3v) is 4.83. The summed E-state index contributed by atoms with van der Waals surface area (Å²) in [5.41, 5.74) is 0.868. The molecule has 0 atom stereocenters. The quantitative estimate of drug-likeness (QED) is 0.450. The fourth-order valence-corrected chi connectivity index (χ4v) is 3.37. The largest absolute Gasteiger partial charge is 0.497 e. The van der Waals surface area contributed by atoms with E-state index in [4.69, 9.17) is 9.47 Å². The molecule has 7 heteroatoms.